The number of nitrogens with zero attached hydrogens (tertiary/aromatic N) is 5. The number of carbonyl (C=O) groups excluding carboxylic acids is 2. The minimum atomic E-state index is -0.119. The second kappa shape index (κ2) is 6.01. The SMILES string of the molecule is CC(=O)N1CCC(C(=O)NC23CC4CC(C2)CC(n2ncnn2)(C4)C3)CC1. The maximum Gasteiger partial charge on any atom is 0.223 e. The van der Waals surface area contributed by atoms with Gasteiger partial charge in [0, 0.05) is 31.5 Å². The van der Waals surface area contributed by atoms with E-state index in [1.54, 1.807) is 6.92 Å². The lowest BCUT2D eigenvalue weighted by Gasteiger charge is -2.61. The van der Waals surface area contributed by atoms with E-state index in [9.17, 15) is 9.59 Å². The van der Waals surface area contributed by atoms with Gasteiger partial charge in [-0.15, -0.1) is 10.2 Å². The number of tetrazole rings is 1. The first-order valence-electron chi connectivity index (χ1n) is 10.3. The van der Waals surface area contributed by atoms with Gasteiger partial charge in [-0.2, -0.15) is 4.80 Å². The molecule has 1 saturated heterocycles. The Morgan fingerprint density at radius 1 is 1.11 bits per heavy atom. The largest absolute Gasteiger partial charge is 0.350 e. The van der Waals surface area contributed by atoms with Crippen molar-refractivity contribution < 1.29 is 9.59 Å². The van der Waals surface area contributed by atoms with E-state index in [4.69, 9.17) is 0 Å². The molecule has 4 bridgehead atoms. The van der Waals surface area contributed by atoms with Crippen LogP contribution in [0, 0.1) is 17.8 Å². The Morgan fingerprint density at radius 3 is 2.41 bits per heavy atom. The van der Waals surface area contributed by atoms with Crippen LogP contribution in [0.5, 0.6) is 0 Å². The fraction of sp³-hybridized carbons (Fsp3) is 0.842. The van der Waals surface area contributed by atoms with Crippen molar-refractivity contribution in [3.63, 3.8) is 0 Å². The molecule has 1 aromatic heterocycles. The van der Waals surface area contributed by atoms with E-state index in [1.165, 1.54) is 12.7 Å². The molecule has 1 aromatic rings. The summed E-state index contributed by atoms with van der Waals surface area (Å²) in [5, 5.41) is 16.0. The van der Waals surface area contributed by atoms with Crippen molar-refractivity contribution >= 4 is 11.8 Å². The van der Waals surface area contributed by atoms with Crippen LogP contribution in [0.1, 0.15) is 58.3 Å². The predicted octanol–water partition coefficient (Wildman–Crippen LogP) is 1.10. The molecule has 4 saturated carbocycles. The van der Waals surface area contributed by atoms with Crippen LogP contribution < -0.4 is 5.32 Å². The maximum absolute atomic E-state index is 13.1. The number of hydrogen-bond donors (Lipinski definition) is 1. The minimum Gasteiger partial charge on any atom is -0.350 e. The molecule has 0 spiro atoms. The van der Waals surface area contributed by atoms with Gasteiger partial charge >= 0.3 is 0 Å². The van der Waals surface area contributed by atoms with E-state index in [2.05, 4.69) is 20.7 Å². The van der Waals surface area contributed by atoms with Crippen molar-refractivity contribution in [1.82, 2.24) is 30.4 Å². The second-order valence-corrected chi connectivity index (χ2v) is 9.46. The molecule has 1 aliphatic heterocycles. The summed E-state index contributed by atoms with van der Waals surface area (Å²) >= 11 is 0. The highest BCUT2D eigenvalue weighted by atomic mass is 16.2. The highest BCUT2D eigenvalue weighted by Crippen LogP contribution is 2.60. The third kappa shape index (κ3) is 2.84. The van der Waals surface area contributed by atoms with Gasteiger partial charge in [0.2, 0.25) is 11.8 Å². The average Bonchev–Trinajstić information content (AvgIpc) is 3.16. The van der Waals surface area contributed by atoms with Gasteiger partial charge in [0.25, 0.3) is 0 Å². The highest BCUT2D eigenvalue weighted by Gasteiger charge is 2.60. The van der Waals surface area contributed by atoms with Gasteiger partial charge in [0.1, 0.15) is 0 Å². The maximum atomic E-state index is 13.1. The van der Waals surface area contributed by atoms with E-state index < -0.39 is 0 Å². The molecule has 5 fully saturated rings. The molecule has 8 nitrogen and oxygen atoms in total. The number of piperidine rings is 1. The van der Waals surface area contributed by atoms with Crippen LogP contribution in [0.15, 0.2) is 6.33 Å². The number of rotatable bonds is 3. The fourth-order valence-electron chi connectivity index (χ4n) is 6.80. The topological polar surface area (TPSA) is 93.0 Å². The van der Waals surface area contributed by atoms with Crippen LogP contribution in [0.25, 0.3) is 0 Å². The van der Waals surface area contributed by atoms with Gasteiger partial charge in [0.15, 0.2) is 6.33 Å². The molecule has 1 N–H and O–H groups in total. The van der Waals surface area contributed by atoms with Gasteiger partial charge in [-0.1, -0.05) is 0 Å². The third-order valence-electron chi connectivity index (χ3n) is 7.50. The Kier molecular flexibility index (Phi) is 3.81. The van der Waals surface area contributed by atoms with Gasteiger partial charge in [-0.3, -0.25) is 9.59 Å². The quantitative estimate of drug-likeness (QED) is 0.857. The Morgan fingerprint density at radius 2 is 1.81 bits per heavy atom. The first-order chi connectivity index (χ1) is 13.0. The molecule has 146 valence electrons. The lowest BCUT2D eigenvalue weighted by atomic mass is 9.50. The van der Waals surface area contributed by atoms with Crippen molar-refractivity contribution in [2.75, 3.05) is 13.1 Å². The zero-order valence-corrected chi connectivity index (χ0v) is 15.9. The predicted molar refractivity (Wildman–Crippen MR) is 96.3 cm³/mol. The Labute approximate surface area is 159 Å². The summed E-state index contributed by atoms with van der Waals surface area (Å²) in [6.07, 6.45) is 9.62. The lowest BCUT2D eigenvalue weighted by molar-refractivity contribution is -0.139. The zero-order chi connectivity index (χ0) is 18.6. The fourth-order valence-corrected chi connectivity index (χ4v) is 6.80. The smallest absolute Gasteiger partial charge is 0.223 e. The molecule has 27 heavy (non-hydrogen) atoms. The van der Waals surface area contributed by atoms with Gasteiger partial charge in [-0.25, -0.2) is 0 Å². The van der Waals surface area contributed by atoms with E-state index >= 15 is 0 Å². The lowest BCUT2D eigenvalue weighted by Crippen LogP contribution is -2.66. The van der Waals surface area contributed by atoms with Gasteiger partial charge in [0.05, 0.1) is 5.54 Å². The molecular weight excluding hydrogens is 344 g/mol. The van der Waals surface area contributed by atoms with Crippen LogP contribution in [-0.2, 0) is 15.1 Å². The standard InChI is InChI=1S/C19H28N6O2/c1-13(26)24-4-2-16(3-5-24)17(27)22-18-7-14-6-15(8-18)10-19(9-14,11-18)25-21-12-20-23-25/h12,14-16H,2-11H2,1H3,(H,22,27). The van der Waals surface area contributed by atoms with E-state index in [1.807, 2.05) is 9.70 Å². The minimum absolute atomic E-state index is 0.0223. The molecule has 8 heteroatoms. The monoisotopic (exact) mass is 372 g/mol. The van der Waals surface area contributed by atoms with Crippen LogP contribution in [0.2, 0.25) is 0 Å². The molecular formula is C19H28N6O2. The number of nitrogens with one attached hydrogen (secondary N) is 1. The summed E-state index contributed by atoms with van der Waals surface area (Å²) in [7, 11) is 0. The summed E-state index contributed by atoms with van der Waals surface area (Å²) in [6, 6.07) is 0. The summed E-state index contributed by atoms with van der Waals surface area (Å²) < 4.78 is 0. The number of aromatic nitrogens is 4. The molecule has 4 aliphatic carbocycles. The summed E-state index contributed by atoms with van der Waals surface area (Å²) in [5.41, 5.74) is -0.196. The van der Waals surface area contributed by atoms with Crippen molar-refractivity contribution in [1.29, 1.82) is 0 Å². The molecule has 6 rings (SSSR count). The number of hydrogen-bond acceptors (Lipinski definition) is 5. The molecule has 2 unspecified atom stereocenters. The second-order valence-electron chi connectivity index (χ2n) is 9.46. The van der Waals surface area contributed by atoms with Crippen molar-refractivity contribution in [2.45, 2.75) is 69.4 Å². The Balaban J connectivity index is 1.32. The van der Waals surface area contributed by atoms with Crippen LogP contribution in [0.3, 0.4) is 0 Å². The van der Waals surface area contributed by atoms with E-state index in [0.717, 1.165) is 44.9 Å². The van der Waals surface area contributed by atoms with Gasteiger partial charge in [-0.05, 0) is 68.4 Å². The van der Waals surface area contributed by atoms with Crippen LogP contribution in [0.4, 0.5) is 0 Å². The van der Waals surface area contributed by atoms with Crippen LogP contribution >= 0.6 is 0 Å². The van der Waals surface area contributed by atoms with Crippen molar-refractivity contribution in [2.24, 2.45) is 17.8 Å². The zero-order valence-electron chi connectivity index (χ0n) is 15.9. The molecule has 2 amide bonds. The molecule has 2 atom stereocenters. The third-order valence-corrected chi connectivity index (χ3v) is 7.50. The van der Waals surface area contributed by atoms with E-state index in [-0.39, 0.29) is 28.8 Å². The number of amides is 2. The number of carbonyl (C=O) groups is 2. The molecule has 0 radical (unpaired) electrons. The molecule has 5 aliphatic rings. The Hall–Kier alpha value is -1.99. The normalized spacial score (nSPS) is 38.2. The summed E-state index contributed by atoms with van der Waals surface area (Å²) in [5.74, 6) is 1.59. The number of likely N-dealkylation sites (tertiary alicyclic amines) is 1. The summed E-state index contributed by atoms with van der Waals surface area (Å²) in [4.78, 5) is 28.3. The summed E-state index contributed by atoms with van der Waals surface area (Å²) in [6.45, 7) is 2.99. The molecule has 0 aromatic carbocycles. The first-order valence-corrected chi connectivity index (χ1v) is 10.3. The first kappa shape index (κ1) is 17.1. The average molecular weight is 372 g/mol. The Bertz CT molecular complexity index is 725. The van der Waals surface area contributed by atoms with E-state index in [0.29, 0.717) is 24.9 Å². The van der Waals surface area contributed by atoms with Gasteiger partial charge < -0.3 is 10.2 Å². The highest BCUT2D eigenvalue weighted by molar-refractivity contribution is 5.80. The van der Waals surface area contributed by atoms with Crippen LogP contribution in [-0.4, -0.2) is 55.5 Å². The van der Waals surface area contributed by atoms with Crippen molar-refractivity contribution in [3.8, 4) is 0 Å². The molecule has 2 heterocycles. The van der Waals surface area contributed by atoms with Crippen molar-refractivity contribution in [3.05, 3.63) is 6.33 Å².